The van der Waals surface area contributed by atoms with Gasteiger partial charge in [0, 0.05) is 10.6 Å². The van der Waals surface area contributed by atoms with E-state index in [1.54, 1.807) is 36.4 Å². The van der Waals surface area contributed by atoms with Crippen molar-refractivity contribution in [2.45, 2.75) is 0 Å². The molecule has 0 radical (unpaired) electrons. The Morgan fingerprint density at radius 2 is 1.56 bits per heavy atom. The summed E-state index contributed by atoms with van der Waals surface area (Å²) in [6.45, 7) is -0.336. The number of hydrogen-bond acceptors (Lipinski definition) is 8. The van der Waals surface area contributed by atoms with Gasteiger partial charge >= 0.3 is 5.97 Å². The summed E-state index contributed by atoms with van der Waals surface area (Å²) in [7, 11) is 4.39. The Labute approximate surface area is 217 Å². The number of benzene rings is 3. The van der Waals surface area contributed by atoms with Crippen molar-refractivity contribution >= 4 is 41.3 Å². The van der Waals surface area contributed by atoms with Gasteiger partial charge in [0.1, 0.15) is 11.5 Å². The van der Waals surface area contributed by atoms with Crippen molar-refractivity contribution in [2.24, 2.45) is 5.10 Å². The van der Waals surface area contributed by atoms with Crippen LogP contribution >= 0.6 is 23.2 Å². The van der Waals surface area contributed by atoms with E-state index in [0.717, 1.165) is 0 Å². The van der Waals surface area contributed by atoms with Crippen molar-refractivity contribution < 1.29 is 33.3 Å². The molecule has 0 saturated heterocycles. The molecule has 0 saturated carbocycles. The van der Waals surface area contributed by atoms with Crippen LogP contribution in [0.3, 0.4) is 0 Å². The average molecular weight is 533 g/mol. The van der Waals surface area contributed by atoms with E-state index in [1.165, 1.54) is 45.7 Å². The van der Waals surface area contributed by atoms with Gasteiger partial charge in [0.05, 0.1) is 32.6 Å². The Kier molecular flexibility index (Phi) is 9.38. The van der Waals surface area contributed by atoms with Gasteiger partial charge in [0.15, 0.2) is 18.1 Å². The smallest absolute Gasteiger partial charge is 0.349 e. The van der Waals surface area contributed by atoms with Crippen molar-refractivity contribution in [2.75, 3.05) is 27.9 Å². The first-order chi connectivity index (χ1) is 17.3. The number of esters is 1. The fourth-order valence-electron chi connectivity index (χ4n) is 2.95. The first kappa shape index (κ1) is 26.7. The molecule has 0 fully saturated rings. The lowest BCUT2D eigenvalue weighted by Crippen LogP contribution is -2.18. The van der Waals surface area contributed by atoms with Crippen molar-refractivity contribution in [1.82, 2.24) is 5.43 Å². The van der Waals surface area contributed by atoms with Gasteiger partial charge in [-0.2, -0.15) is 5.10 Å². The predicted molar refractivity (Wildman–Crippen MR) is 135 cm³/mol. The fourth-order valence-corrected chi connectivity index (χ4v) is 3.42. The summed E-state index contributed by atoms with van der Waals surface area (Å²) in [6, 6.07) is 14.2. The predicted octanol–water partition coefficient (Wildman–Crippen LogP) is 4.77. The molecule has 0 aliphatic heterocycles. The minimum Gasteiger partial charge on any atom is -0.493 e. The normalized spacial score (nSPS) is 10.6. The maximum Gasteiger partial charge on any atom is 0.349 e. The molecule has 3 aromatic carbocycles. The van der Waals surface area contributed by atoms with Gasteiger partial charge in [-0.15, -0.1) is 0 Å². The second kappa shape index (κ2) is 12.7. The average Bonchev–Trinajstić information content (AvgIpc) is 2.88. The number of hydrazone groups is 1. The van der Waals surface area contributed by atoms with Crippen LogP contribution in [0.5, 0.6) is 28.7 Å². The molecule has 3 aromatic rings. The van der Waals surface area contributed by atoms with E-state index in [1.807, 2.05) is 0 Å². The van der Waals surface area contributed by atoms with Crippen LogP contribution in [0.25, 0.3) is 0 Å². The summed E-state index contributed by atoms with van der Waals surface area (Å²) >= 11 is 11.8. The van der Waals surface area contributed by atoms with Crippen molar-refractivity contribution in [1.29, 1.82) is 0 Å². The van der Waals surface area contributed by atoms with Crippen LogP contribution < -0.4 is 29.1 Å². The maximum absolute atomic E-state index is 12.5. The van der Waals surface area contributed by atoms with Crippen LogP contribution in [0.1, 0.15) is 15.9 Å². The van der Waals surface area contributed by atoms with Crippen LogP contribution in [0.2, 0.25) is 10.0 Å². The zero-order chi connectivity index (χ0) is 26.1. The third-order valence-corrected chi connectivity index (χ3v) is 5.19. The number of nitrogens with one attached hydrogen (secondary N) is 1. The Hall–Kier alpha value is -3.95. The van der Waals surface area contributed by atoms with E-state index in [-0.39, 0.29) is 17.2 Å². The highest BCUT2D eigenvalue weighted by Crippen LogP contribution is 2.38. The van der Waals surface area contributed by atoms with Gasteiger partial charge in [-0.1, -0.05) is 23.2 Å². The van der Waals surface area contributed by atoms with E-state index in [0.29, 0.717) is 39.3 Å². The molecule has 9 nitrogen and oxygen atoms in total. The van der Waals surface area contributed by atoms with Gasteiger partial charge in [0.2, 0.25) is 5.75 Å². The lowest BCUT2D eigenvalue weighted by molar-refractivity contribution is -0.136. The number of hydrogen-bond donors (Lipinski definition) is 1. The van der Waals surface area contributed by atoms with Crippen LogP contribution in [0, 0.1) is 0 Å². The molecule has 1 N–H and O–H groups in total. The molecule has 1 amide bonds. The highest BCUT2D eigenvalue weighted by Gasteiger charge is 2.16. The molecular formula is C25H22Cl2N2O7. The van der Waals surface area contributed by atoms with Crippen molar-refractivity contribution in [3.8, 4) is 28.7 Å². The molecule has 0 heterocycles. The van der Waals surface area contributed by atoms with E-state index < -0.39 is 11.9 Å². The molecule has 3 rings (SSSR count). The highest BCUT2D eigenvalue weighted by molar-refractivity contribution is 6.35. The number of nitrogens with zero attached hydrogens (tertiary/aromatic N) is 1. The highest BCUT2D eigenvalue weighted by atomic mass is 35.5. The van der Waals surface area contributed by atoms with Gasteiger partial charge in [-0.05, 0) is 60.2 Å². The Morgan fingerprint density at radius 1 is 0.889 bits per heavy atom. The van der Waals surface area contributed by atoms with E-state index in [2.05, 4.69) is 10.5 Å². The molecule has 0 aliphatic carbocycles. The Bertz CT molecular complexity index is 1240. The quantitative estimate of drug-likeness (QED) is 0.173. The van der Waals surface area contributed by atoms with E-state index in [9.17, 15) is 9.59 Å². The number of halogens is 2. The molecule has 11 heteroatoms. The van der Waals surface area contributed by atoms with Crippen LogP contribution in [-0.2, 0) is 4.79 Å². The molecule has 0 aromatic heterocycles. The maximum atomic E-state index is 12.5. The SMILES string of the molecule is COc1cc(C(=O)N/N=C/c2ccc(OC(=O)COc3ccc(Cl)cc3Cl)cc2)cc(OC)c1OC. The molecule has 188 valence electrons. The number of amides is 1. The minimum atomic E-state index is -0.611. The Balaban J connectivity index is 1.54. The minimum absolute atomic E-state index is 0.269. The van der Waals surface area contributed by atoms with Crippen molar-refractivity contribution in [3.05, 3.63) is 75.8 Å². The fraction of sp³-hybridized carbons (Fsp3) is 0.160. The second-order valence-electron chi connectivity index (χ2n) is 7.02. The summed E-state index contributed by atoms with van der Waals surface area (Å²) in [5.74, 6) is 0.608. The molecule has 0 unspecified atom stereocenters. The summed E-state index contributed by atoms with van der Waals surface area (Å²) < 4.78 is 26.3. The first-order valence-corrected chi connectivity index (χ1v) is 11.1. The lowest BCUT2D eigenvalue weighted by Gasteiger charge is -2.13. The Morgan fingerprint density at radius 3 is 2.14 bits per heavy atom. The van der Waals surface area contributed by atoms with Crippen LogP contribution in [-0.4, -0.2) is 46.0 Å². The molecule has 0 bridgehead atoms. The number of ether oxygens (including phenoxy) is 5. The molecule has 0 atom stereocenters. The summed E-state index contributed by atoms with van der Waals surface area (Å²) in [5, 5.41) is 4.70. The molecule has 0 spiro atoms. The third-order valence-electron chi connectivity index (χ3n) is 4.66. The summed E-state index contributed by atoms with van der Waals surface area (Å²) in [4.78, 5) is 24.5. The van der Waals surface area contributed by atoms with Crippen LogP contribution in [0.4, 0.5) is 0 Å². The van der Waals surface area contributed by atoms with E-state index in [4.69, 9.17) is 46.9 Å². The zero-order valence-electron chi connectivity index (χ0n) is 19.5. The lowest BCUT2D eigenvalue weighted by atomic mass is 10.1. The zero-order valence-corrected chi connectivity index (χ0v) is 21.1. The summed E-state index contributed by atoms with van der Waals surface area (Å²) in [6.07, 6.45) is 1.44. The number of carbonyl (C=O) groups is 2. The monoisotopic (exact) mass is 532 g/mol. The van der Waals surface area contributed by atoms with Gasteiger partial charge < -0.3 is 23.7 Å². The number of carbonyl (C=O) groups excluding carboxylic acids is 2. The number of rotatable bonds is 10. The van der Waals surface area contributed by atoms with Crippen LogP contribution in [0.15, 0.2) is 59.7 Å². The van der Waals surface area contributed by atoms with E-state index >= 15 is 0 Å². The first-order valence-electron chi connectivity index (χ1n) is 10.4. The van der Waals surface area contributed by atoms with Crippen molar-refractivity contribution in [3.63, 3.8) is 0 Å². The largest absolute Gasteiger partial charge is 0.493 e. The van der Waals surface area contributed by atoms with Gasteiger partial charge in [-0.3, -0.25) is 4.79 Å². The molecular weight excluding hydrogens is 511 g/mol. The number of methoxy groups -OCH3 is 3. The molecule has 0 aliphatic rings. The van der Waals surface area contributed by atoms with Gasteiger partial charge in [-0.25, -0.2) is 10.2 Å². The summed E-state index contributed by atoms with van der Waals surface area (Å²) in [5.41, 5.74) is 3.36. The van der Waals surface area contributed by atoms with Gasteiger partial charge in [0.25, 0.3) is 5.91 Å². The topological polar surface area (TPSA) is 105 Å². The standard InChI is InChI=1S/C25H22Cl2N2O7/c1-32-21-10-16(11-22(33-2)24(21)34-3)25(31)29-28-13-15-4-7-18(8-5-15)36-23(30)14-35-20-9-6-17(26)12-19(20)27/h4-13H,14H2,1-3H3,(H,29,31)/b28-13+. The third kappa shape index (κ3) is 7.03. The second-order valence-corrected chi connectivity index (χ2v) is 7.86. The molecule has 36 heavy (non-hydrogen) atoms.